The van der Waals surface area contributed by atoms with Gasteiger partial charge in [0.1, 0.15) is 11.5 Å². The molecule has 9 nitrogen and oxygen atoms in total. The molecule has 0 atom stereocenters. The van der Waals surface area contributed by atoms with Gasteiger partial charge in [-0.3, -0.25) is 4.79 Å². The standard InChI is InChI=1S/C19H20N6O3/c1-2-28-19(27)25-9-7-24(8-10-25)18(26)16-12-22-17(13-21-16)23-15-5-3-14(11-20)4-6-15/h3-6,12-13H,2,7-10H2,1H3,(H,22,23). The molecule has 28 heavy (non-hydrogen) atoms. The lowest BCUT2D eigenvalue weighted by Gasteiger charge is -2.33. The van der Waals surface area contributed by atoms with E-state index in [0.29, 0.717) is 44.2 Å². The van der Waals surface area contributed by atoms with Crippen molar-refractivity contribution in [2.75, 3.05) is 38.1 Å². The van der Waals surface area contributed by atoms with E-state index in [4.69, 9.17) is 10.00 Å². The van der Waals surface area contributed by atoms with E-state index in [2.05, 4.69) is 21.4 Å². The Kier molecular flexibility index (Phi) is 6.01. The topological polar surface area (TPSA) is 111 Å². The van der Waals surface area contributed by atoms with Crippen LogP contribution in [0.2, 0.25) is 0 Å². The first-order chi connectivity index (χ1) is 13.6. The van der Waals surface area contributed by atoms with Crippen LogP contribution >= 0.6 is 0 Å². The number of anilines is 2. The first-order valence-electron chi connectivity index (χ1n) is 8.91. The third-order valence-corrected chi connectivity index (χ3v) is 4.25. The molecule has 0 unspecified atom stereocenters. The van der Waals surface area contributed by atoms with Gasteiger partial charge < -0.3 is 19.9 Å². The third-order valence-electron chi connectivity index (χ3n) is 4.25. The molecule has 0 bridgehead atoms. The number of carbonyl (C=O) groups excluding carboxylic acids is 2. The Labute approximate surface area is 162 Å². The number of nitrogens with one attached hydrogen (secondary N) is 1. The van der Waals surface area contributed by atoms with Crippen LogP contribution in [0, 0.1) is 11.3 Å². The van der Waals surface area contributed by atoms with Crippen molar-refractivity contribution in [1.29, 1.82) is 5.26 Å². The fraction of sp³-hybridized carbons (Fsp3) is 0.316. The highest BCUT2D eigenvalue weighted by Gasteiger charge is 2.26. The largest absolute Gasteiger partial charge is 0.450 e. The first-order valence-corrected chi connectivity index (χ1v) is 8.91. The highest BCUT2D eigenvalue weighted by molar-refractivity contribution is 5.92. The van der Waals surface area contributed by atoms with Crippen LogP contribution < -0.4 is 5.32 Å². The Morgan fingerprint density at radius 3 is 2.36 bits per heavy atom. The van der Waals surface area contributed by atoms with Crippen molar-refractivity contribution in [3.05, 3.63) is 47.9 Å². The molecule has 1 aliphatic heterocycles. The number of hydrogen-bond donors (Lipinski definition) is 1. The smallest absolute Gasteiger partial charge is 0.409 e. The summed E-state index contributed by atoms with van der Waals surface area (Å²) in [5, 5.41) is 11.9. The van der Waals surface area contributed by atoms with Gasteiger partial charge in [0.2, 0.25) is 0 Å². The van der Waals surface area contributed by atoms with Crippen LogP contribution in [-0.4, -0.2) is 64.6 Å². The molecule has 144 valence electrons. The van der Waals surface area contributed by atoms with Crippen LogP contribution in [0.25, 0.3) is 0 Å². The van der Waals surface area contributed by atoms with Gasteiger partial charge in [0.05, 0.1) is 30.6 Å². The molecule has 0 radical (unpaired) electrons. The summed E-state index contributed by atoms with van der Waals surface area (Å²) in [6.45, 7) is 3.79. The minimum atomic E-state index is -0.354. The summed E-state index contributed by atoms with van der Waals surface area (Å²) in [5.74, 6) is 0.273. The Hall–Kier alpha value is -3.67. The predicted octanol–water partition coefficient (Wildman–Crippen LogP) is 2.01. The van der Waals surface area contributed by atoms with Gasteiger partial charge in [0.25, 0.3) is 5.91 Å². The summed E-state index contributed by atoms with van der Waals surface area (Å²) < 4.78 is 4.97. The predicted molar refractivity (Wildman–Crippen MR) is 101 cm³/mol. The molecule has 1 saturated heterocycles. The van der Waals surface area contributed by atoms with Crippen molar-refractivity contribution in [1.82, 2.24) is 19.8 Å². The molecule has 2 aromatic rings. The zero-order valence-electron chi connectivity index (χ0n) is 15.5. The molecule has 1 aliphatic rings. The van der Waals surface area contributed by atoms with E-state index in [0.717, 1.165) is 5.69 Å². The minimum absolute atomic E-state index is 0.221. The molecule has 0 saturated carbocycles. The van der Waals surface area contributed by atoms with Gasteiger partial charge in [-0.25, -0.2) is 14.8 Å². The molecule has 0 aliphatic carbocycles. The van der Waals surface area contributed by atoms with Crippen LogP contribution in [0.15, 0.2) is 36.7 Å². The van der Waals surface area contributed by atoms with E-state index < -0.39 is 0 Å². The van der Waals surface area contributed by atoms with E-state index in [1.54, 1.807) is 41.0 Å². The van der Waals surface area contributed by atoms with Crippen molar-refractivity contribution in [3.63, 3.8) is 0 Å². The van der Waals surface area contributed by atoms with Crippen molar-refractivity contribution in [3.8, 4) is 6.07 Å². The van der Waals surface area contributed by atoms with Crippen LogP contribution in [0.5, 0.6) is 0 Å². The second-order valence-electron chi connectivity index (χ2n) is 6.08. The average Bonchev–Trinajstić information content (AvgIpc) is 2.74. The maximum absolute atomic E-state index is 12.6. The van der Waals surface area contributed by atoms with Gasteiger partial charge in [0.15, 0.2) is 0 Å². The number of carbonyl (C=O) groups is 2. The Bertz CT molecular complexity index is 868. The number of hydrogen-bond acceptors (Lipinski definition) is 7. The zero-order valence-corrected chi connectivity index (χ0v) is 15.5. The number of piperazine rings is 1. The molecule has 2 heterocycles. The molecule has 9 heteroatoms. The van der Waals surface area contributed by atoms with E-state index >= 15 is 0 Å². The average molecular weight is 380 g/mol. The maximum Gasteiger partial charge on any atom is 0.409 e. The maximum atomic E-state index is 12.6. The van der Waals surface area contributed by atoms with Crippen LogP contribution in [0.4, 0.5) is 16.3 Å². The fourth-order valence-corrected chi connectivity index (χ4v) is 2.75. The molecule has 3 rings (SSSR count). The Balaban J connectivity index is 1.56. The number of aromatic nitrogens is 2. The van der Waals surface area contributed by atoms with E-state index in [1.165, 1.54) is 12.4 Å². The lowest BCUT2D eigenvalue weighted by atomic mass is 10.2. The van der Waals surface area contributed by atoms with Gasteiger partial charge in [-0.05, 0) is 31.2 Å². The number of nitriles is 1. The molecule has 1 fully saturated rings. The van der Waals surface area contributed by atoms with Gasteiger partial charge in [-0.1, -0.05) is 0 Å². The summed E-state index contributed by atoms with van der Waals surface area (Å²) in [7, 11) is 0. The molecule has 1 aromatic carbocycles. The van der Waals surface area contributed by atoms with Gasteiger partial charge in [0, 0.05) is 31.9 Å². The Morgan fingerprint density at radius 2 is 1.79 bits per heavy atom. The summed E-state index contributed by atoms with van der Waals surface area (Å²) in [5.41, 5.74) is 1.58. The van der Waals surface area contributed by atoms with Gasteiger partial charge in [-0.15, -0.1) is 0 Å². The van der Waals surface area contributed by atoms with Gasteiger partial charge >= 0.3 is 6.09 Å². The lowest BCUT2D eigenvalue weighted by molar-refractivity contribution is 0.0565. The number of ether oxygens (including phenoxy) is 1. The number of nitrogens with zero attached hydrogens (tertiary/aromatic N) is 5. The third kappa shape index (κ3) is 4.54. The highest BCUT2D eigenvalue weighted by atomic mass is 16.6. The number of benzene rings is 1. The quantitative estimate of drug-likeness (QED) is 0.863. The SMILES string of the molecule is CCOC(=O)N1CCN(C(=O)c2cnc(Nc3ccc(C#N)cc3)cn2)CC1. The zero-order chi connectivity index (χ0) is 19.9. The number of amides is 2. The molecule has 0 spiro atoms. The highest BCUT2D eigenvalue weighted by Crippen LogP contribution is 2.15. The molecule has 1 N–H and O–H groups in total. The van der Waals surface area contributed by atoms with E-state index in [9.17, 15) is 9.59 Å². The van der Waals surface area contributed by atoms with Crippen molar-refractivity contribution >= 4 is 23.5 Å². The second kappa shape index (κ2) is 8.81. The fourth-order valence-electron chi connectivity index (χ4n) is 2.75. The van der Waals surface area contributed by atoms with Crippen molar-refractivity contribution in [2.24, 2.45) is 0 Å². The second-order valence-corrected chi connectivity index (χ2v) is 6.08. The van der Waals surface area contributed by atoms with Gasteiger partial charge in [-0.2, -0.15) is 5.26 Å². The number of rotatable bonds is 4. The Morgan fingerprint density at radius 1 is 1.11 bits per heavy atom. The van der Waals surface area contributed by atoms with E-state index in [-0.39, 0.29) is 17.7 Å². The molecular formula is C19H20N6O3. The molecule has 2 amide bonds. The molecule has 1 aromatic heterocycles. The lowest BCUT2D eigenvalue weighted by Crippen LogP contribution is -2.50. The summed E-state index contributed by atoms with van der Waals surface area (Å²) in [6.07, 6.45) is 2.56. The van der Waals surface area contributed by atoms with Crippen LogP contribution in [0.3, 0.4) is 0 Å². The van der Waals surface area contributed by atoms with Crippen LogP contribution in [0.1, 0.15) is 23.0 Å². The summed E-state index contributed by atoms with van der Waals surface area (Å²) >= 11 is 0. The van der Waals surface area contributed by atoms with E-state index in [1.807, 2.05) is 0 Å². The summed E-state index contributed by atoms with van der Waals surface area (Å²) in [6, 6.07) is 8.99. The molecular weight excluding hydrogens is 360 g/mol. The van der Waals surface area contributed by atoms with Crippen molar-refractivity contribution < 1.29 is 14.3 Å². The monoisotopic (exact) mass is 380 g/mol. The summed E-state index contributed by atoms with van der Waals surface area (Å²) in [4.78, 5) is 36.0. The van der Waals surface area contributed by atoms with Crippen molar-refractivity contribution in [2.45, 2.75) is 6.92 Å². The minimum Gasteiger partial charge on any atom is -0.450 e. The normalized spacial score (nSPS) is 13.6. The first kappa shape index (κ1) is 19.1. The van der Waals surface area contributed by atoms with Crippen LogP contribution in [-0.2, 0) is 4.74 Å².